The van der Waals surface area contributed by atoms with Crippen LogP contribution in [0.25, 0.3) is 10.8 Å². The number of nitrogen functional groups attached to an aromatic ring is 1. The highest BCUT2D eigenvalue weighted by atomic mass is 16.5. The second kappa shape index (κ2) is 12.2. The third-order valence-corrected chi connectivity index (χ3v) is 8.14. The molecule has 220 valence electrons. The van der Waals surface area contributed by atoms with Crippen molar-refractivity contribution in [2.24, 2.45) is 5.73 Å². The van der Waals surface area contributed by atoms with E-state index in [0.29, 0.717) is 36.4 Å². The van der Waals surface area contributed by atoms with Crippen molar-refractivity contribution < 1.29 is 24.2 Å². The van der Waals surface area contributed by atoms with Crippen LogP contribution in [0.5, 0.6) is 5.75 Å². The molecule has 3 aromatic carbocycles. The molecule has 0 bridgehead atoms. The molecular formula is C31H36N6O5. The SMILES string of the molecule is CCC(Oc1ccc(C(=N)N)cc1)C(c1ccc2ccccc2c1)(C(C(=O)O)N1CCNCC1=O)N1CCNCC1=O. The fourth-order valence-corrected chi connectivity index (χ4v) is 6.25. The van der Waals surface area contributed by atoms with Crippen LogP contribution in [0.3, 0.4) is 0 Å². The summed E-state index contributed by atoms with van der Waals surface area (Å²) in [6.07, 6.45) is -0.560. The molecule has 3 atom stereocenters. The zero-order valence-corrected chi connectivity index (χ0v) is 23.5. The Morgan fingerprint density at radius 2 is 1.67 bits per heavy atom. The summed E-state index contributed by atoms with van der Waals surface area (Å²) in [5.74, 6) is -1.53. The molecule has 0 saturated carbocycles. The van der Waals surface area contributed by atoms with Crippen LogP contribution in [0.15, 0.2) is 66.7 Å². The van der Waals surface area contributed by atoms with Crippen molar-refractivity contribution in [3.63, 3.8) is 0 Å². The minimum atomic E-state index is -1.60. The van der Waals surface area contributed by atoms with Crippen molar-refractivity contribution in [1.29, 1.82) is 5.41 Å². The van der Waals surface area contributed by atoms with Crippen LogP contribution >= 0.6 is 0 Å². The number of nitrogens with two attached hydrogens (primary N) is 1. The number of carboxylic acids is 1. The van der Waals surface area contributed by atoms with Gasteiger partial charge in [-0.15, -0.1) is 0 Å². The zero-order chi connectivity index (χ0) is 29.9. The number of benzene rings is 3. The minimum Gasteiger partial charge on any atom is -0.488 e. The van der Waals surface area contributed by atoms with Crippen LogP contribution in [0, 0.1) is 5.41 Å². The number of hydrogen-bond acceptors (Lipinski definition) is 7. The maximum atomic E-state index is 13.8. The molecule has 11 nitrogen and oxygen atoms in total. The minimum absolute atomic E-state index is 0.00274. The van der Waals surface area contributed by atoms with Gasteiger partial charge in [-0.1, -0.05) is 43.3 Å². The molecule has 6 N–H and O–H groups in total. The standard InChI is InChI=1S/C31H36N6O5/c1-2-25(42-24-11-8-21(9-12-24)29(32)33)31(37-16-14-35-19-27(37)39,23-10-7-20-5-3-4-6-22(20)17-23)28(30(40)41)36-15-13-34-18-26(36)38/h3-12,17,25,28,34-35H,2,13-16,18-19H2,1H3,(H3,32,33)(H,40,41). The maximum absolute atomic E-state index is 13.8. The molecule has 0 radical (unpaired) electrons. The van der Waals surface area contributed by atoms with Crippen molar-refractivity contribution in [3.05, 3.63) is 77.9 Å². The topological polar surface area (TPSA) is 161 Å². The van der Waals surface area contributed by atoms with Crippen LogP contribution < -0.4 is 21.1 Å². The molecule has 0 aliphatic carbocycles. The van der Waals surface area contributed by atoms with E-state index in [4.69, 9.17) is 15.9 Å². The van der Waals surface area contributed by atoms with Gasteiger partial charge in [-0.2, -0.15) is 0 Å². The van der Waals surface area contributed by atoms with E-state index in [-0.39, 0.29) is 43.8 Å². The number of nitrogens with zero attached hydrogens (tertiary/aromatic N) is 2. The number of amidine groups is 1. The number of ether oxygens (including phenoxy) is 1. The first-order chi connectivity index (χ1) is 20.3. The van der Waals surface area contributed by atoms with Crippen LogP contribution in [0.4, 0.5) is 0 Å². The first kappa shape index (κ1) is 29.0. The number of amides is 2. The molecule has 0 aromatic heterocycles. The summed E-state index contributed by atoms with van der Waals surface area (Å²) in [6, 6.07) is 18.6. The molecule has 2 fully saturated rings. The summed E-state index contributed by atoms with van der Waals surface area (Å²) >= 11 is 0. The molecule has 2 amide bonds. The lowest BCUT2D eigenvalue weighted by Gasteiger charge is -2.55. The molecule has 0 spiro atoms. The van der Waals surface area contributed by atoms with Gasteiger partial charge in [-0.3, -0.25) is 15.0 Å². The Morgan fingerprint density at radius 3 is 2.29 bits per heavy atom. The maximum Gasteiger partial charge on any atom is 0.329 e. The lowest BCUT2D eigenvalue weighted by molar-refractivity contribution is -0.173. The van der Waals surface area contributed by atoms with Gasteiger partial charge in [0.2, 0.25) is 11.8 Å². The van der Waals surface area contributed by atoms with Crippen molar-refractivity contribution in [3.8, 4) is 5.75 Å². The van der Waals surface area contributed by atoms with Gasteiger partial charge < -0.3 is 36.0 Å². The number of aliphatic carboxylic acids is 1. The molecule has 5 rings (SSSR count). The monoisotopic (exact) mass is 572 g/mol. The molecule has 11 heteroatoms. The van der Waals surface area contributed by atoms with Gasteiger partial charge in [0.25, 0.3) is 0 Å². The van der Waals surface area contributed by atoms with Crippen molar-refractivity contribution in [2.45, 2.75) is 31.0 Å². The van der Waals surface area contributed by atoms with E-state index in [9.17, 15) is 19.5 Å². The van der Waals surface area contributed by atoms with E-state index in [0.717, 1.165) is 10.8 Å². The van der Waals surface area contributed by atoms with E-state index in [2.05, 4.69) is 10.6 Å². The summed E-state index contributed by atoms with van der Waals surface area (Å²) < 4.78 is 6.65. The molecule has 2 aliphatic rings. The molecule has 2 heterocycles. The fraction of sp³-hybridized carbons (Fsp3) is 0.355. The van der Waals surface area contributed by atoms with Gasteiger partial charge >= 0.3 is 5.97 Å². The number of carbonyl (C=O) groups is 3. The van der Waals surface area contributed by atoms with Crippen LogP contribution in [0.2, 0.25) is 0 Å². The number of nitrogens with one attached hydrogen (secondary N) is 3. The molecule has 2 aliphatic heterocycles. The highest BCUT2D eigenvalue weighted by Gasteiger charge is 2.60. The third-order valence-electron chi connectivity index (χ3n) is 8.14. The lowest BCUT2D eigenvalue weighted by atomic mass is 9.73. The van der Waals surface area contributed by atoms with Gasteiger partial charge in [-0.05, 0) is 53.1 Å². The quantitative estimate of drug-likeness (QED) is 0.180. The summed E-state index contributed by atoms with van der Waals surface area (Å²) in [4.78, 5) is 43.7. The Hall–Kier alpha value is -4.48. The predicted octanol–water partition coefficient (Wildman–Crippen LogP) is 1.49. The lowest BCUT2D eigenvalue weighted by Crippen LogP contribution is -2.74. The average Bonchev–Trinajstić information content (AvgIpc) is 2.99. The van der Waals surface area contributed by atoms with Gasteiger partial charge in [0.05, 0.1) is 13.1 Å². The van der Waals surface area contributed by atoms with Gasteiger partial charge in [0.15, 0.2) is 6.04 Å². The highest BCUT2D eigenvalue weighted by Crippen LogP contribution is 2.43. The Balaban J connectivity index is 1.79. The molecule has 2 saturated heterocycles. The summed E-state index contributed by atoms with van der Waals surface area (Å²) in [5, 5.41) is 26.7. The summed E-state index contributed by atoms with van der Waals surface area (Å²) in [7, 11) is 0. The number of piperazine rings is 2. The van der Waals surface area contributed by atoms with E-state index < -0.39 is 23.7 Å². The molecule has 3 unspecified atom stereocenters. The molecule has 3 aromatic rings. The van der Waals surface area contributed by atoms with Crippen molar-refractivity contribution in [1.82, 2.24) is 20.4 Å². The van der Waals surface area contributed by atoms with Crippen molar-refractivity contribution in [2.75, 3.05) is 39.3 Å². The van der Waals surface area contributed by atoms with Crippen LogP contribution in [-0.2, 0) is 19.9 Å². The fourth-order valence-electron chi connectivity index (χ4n) is 6.25. The van der Waals surface area contributed by atoms with Crippen LogP contribution in [0.1, 0.15) is 24.5 Å². The highest BCUT2D eigenvalue weighted by molar-refractivity contribution is 5.95. The smallest absolute Gasteiger partial charge is 0.329 e. The predicted molar refractivity (Wildman–Crippen MR) is 158 cm³/mol. The number of carbonyl (C=O) groups excluding carboxylic acids is 2. The number of hydrogen-bond donors (Lipinski definition) is 5. The van der Waals surface area contributed by atoms with E-state index >= 15 is 0 Å². The zero-order valence-electron chi connectivity index (χ0n) is 23.5. The first-order valence-corrected chi connectivity index (χ1v) is 14.1. The third kappa shape index (κ3) is 5.28. The Bertz CT molecular complexity index is 1490. The first-order valence-electron chi connectivity index (χ1n) is 14.1. The number of rotatable bonds is 10. The molecule has 42 heavy (non-hydrogen) atoms. The van der Waals surface area contributed by atoms with E-state index in [1.807, 2.05) is 49.4 Å². The van der Waals surface area contributed by atoms with Gasteiger partial charge in [0.1, 0.15) is 23.2 Å². The number of carboxylic acid groups (broad SMARTS) is 1. The second-order valence-electron chi connectivity index (χ2n) is 10.6. The average molecular weight is 573 g/mol. The normalized spacial score (nSPS) is 18.8. The van der Waals surface area contributed by atoms with E-state index in [1.54, 1.807) is 29.2 Å². The van der Waals surface area contributed by atoms with Crippen molar-refractivity contribution >= 4 is 34.4 Å². The Labute approximate surface area is 244 Å². The molecular weight excluding hydrogens is 536 g/mol. The number of fused-ring (bicyclic) bond motifs is 1. The van der Waals surface area contributed by atoms with Gasteiger partial charge in [-0.25, -0.2) is 4.79 Å². The second-order valence-corrected chi connectivity index (χ2v) is 10.6. The van der Waals surface area contributed by atoms with E-state index in [1.165, 1.54) is 4.90 Å². The Morgan fingerprint density at radius 1 is 1.00 bits per heavy atom. The largest absolute Gasteiger partial charge is 0.488 e. The summed E-state index contributed by atoms with van der Waals surface area (Å²) in [5.41, 5.74) is 5.14. The van der Waals surface area contributed by atoms with Crippen LogP contribution in [-0.4, -0.2) is 89.9 Å². The van der Waals surface area contributed by atoms with Gasteiger partial charge in [0, 0.05) is 31.7 Å². The summed E-state index contributed by atoms with van der Waals surface area (Å²) in [6.45, 7) is 3.16. The Kier molecular flexibility index (Phi) is 8.41.